The molecule has 0 aromatic carbocycles. The van der Waals surface area contributed by atoms with Crippen LogP contribution in [0.1, 0.15) is 10.5 Å². The van der Waals surface area contributed by atoms with E-state index >= 15 is 0 Å². The second-order valence-electron chi connectivity index (χ2n) is 3.21. The number of carbonyl (C=O) groups is 1. The highest BCUT2D eigenvalue weighted by Crippen LogP contribution is 2.38. The van der Waals surface area contributed by atoms with Gasteiger partial charge in [-0.3, -0.25) is 4.98 Å². The normalized spacial score (nSPS) is 10.4. The number of methoxy groups -OCH3 is 1. The van der Waals surface area contributed by atoms with Crippen molar-refractivity contribution < 1.29 is 9.53 Å². The lowest BCUT2D eigenvalue weighted by molar-refractivity contribution is 0.0594. The monoisotopic (exact) mass is 303 g/mol. The first-order valence-electron chi connectivity index (χ1n) is 4.68. The van der Waals surface area contributed by atoms with Gasteiger partial charge in [0.25, 0.3) is 0 Å². The Morgan fingerprint density at radius 3 is 2.72 bits per heavy atom. The molecule has 0 spiro atoms. The summed E-state index contributed by atoms with van der Waals surface area (Å²) in [7, 11) is 1.23. The summed E-state index contributed by atoms with van der Waals surface area (Å²) in [6.45, 7) is 0. The number of anilines is 1. The van der Waals surface area contributed by atoms with E-state index in [9.17, 15) is 4.79 Å². The van der Waals surface area contributed by atoms with Gasteiger partial charge in [0.15, 0.2) is 5.69 Å². The van der Waals surface area contributed by atoms with Crippen LogP contribution >= 0.6 is 34.5 Å². The molecule has 8 heteroatoms. The zero-order valence-electron chi connectivity index (χ0n) is 9.11. The maximum Gasteiger partial charge on any atom is 0.358 e. The first-order valence-corrected chi connectivity index (χ1v) is 6.31. The van der Waals surface area contributed by atoms with Gasteiger partial charge in [0.1, 0.15) is 5.69 Å². The number of nitrogen functional groups attached to an aromatic ring is 1. The number of ether oxygens (including phenoxy) is 1. The smallest absolute Gasteiger partial charge is 0.358 e. The van der Waals surface area contributed by atoms with Crippen molar-refractivity contribution in [2.24, 2.45) is 0 Å². The van der Waals surface area contributed by atoms with E-state index in [1.807, 2.05) is 0 Å². The maximum absolute atomic E-state index is 11.5. The van der Waals surface area contributed by atoms with Crippen molar-refractivity contribution >= 4 is 46.2 Å². The molecule has 0 aliphatic rings. The fourth-order valence-corrected chi connectivity index (χ4v) is 2.46. The molecule has 0 radical (unpaired) electrons. The molecule has 2 aromatic rings. The van der Waals surface area contributed by atoms with E-state index in [1.165, 1.54) is 18.4 Å². The Kier molecular flexibility index (Phi) is 3.70. The first kappa shape index (κ1) is 13.1. The van der Waals surface area contributed by atoms with Crippen LogP contribution in [0.2, 0.25) is 10.0 Å². The molecule has 2 N–H and O–H groups in total. The Morgan fingerprint density at radius 2 is 2.17 bits per heavy atom. The molecule has 0 aliphatic heterocycles. The summed E-state index contributed by atoms with van der Waals surface area (Å²) in [6, 6.07) is 0. The van der Waals surface area contributed by atoms with E-state index in [0.717, 1.165) is 0 Å². The van der Waals surface area contributed by atoms with Crippen molar-refractivity contribution in [3.8, 4) is 10.6 Å². The number of esters is 1. The third kappa shape index (κ3) is 2.14. The lowest BCUT2D eigenvalue weighted by Gasteiger charge is -2.09. The molecule has 0 aliphatic carbocycles. The summed E-state index contributed by atoms with van der Waals surface area (Å²) < 4.78 is 4.59. The van der Waals surface area contributed by atoms with E-state index in [1.54, 1.807) is 11.7 Å². The van der Waals surface area contributed by atoms with E-state index < -0.39 is 5.97 Å². The van der Waals surface area contributed by atoms with Crippen molar-refractivity contribution in [3.63, 3.8) is 0 Å². The number of aromatic nitrogens is 2. The minimum atomic E-state index is -0.672. The summed E-state index contributed by atoms with van der Waals surface area (Å²) >= 11 is 13.3. The van der Waals surface area contributed by atoms with Crippen molar-refractivity contribution in [1.82, 2.24) is 9.97 Å². The number of rotatable bonds is 2. The Balaban J connectivity index is 2.69. The average molecular weight is 304 g/mol. The Morgan fingerprint density at radius 1 is 1.44 bits per heavy atom. The van der Waals surface area contributed by atoms with E-state index in [0.29, 0.717) is 10.6 Å². The van der Waals surface area contributed by atoms with Gasteiger partial charge in [-0.2, -0.15) is 0 Å². The Bertz CT molecular complexity index is 602. The van der Waals surface area contributed by atoms with Crippen LogP contribution in [0.15, 0.2) is 11.7 Å². The molecule has 18 heavy (non-hydrogen) atoms. The number of halogens is 2. The molecule has 0 bridgehead atoms. The molecule has 2 aromatic heterocycles. The third-order valence-electron chi connectivity index (χ3n) is 2.16. The molecular formula is C10H7Cl2N3O2S. The van der Waals surface area contributed by atoms with Crippen LogP contribution in [0.4, 0.5) is 5.69 Å². The number of carbonyl (C=O) groups excluding carboxylic acids is 1. The number of nitrogens with zero attached hydrogens (tertiary/aromatic N) is 2. The van der Waals surface area contributed by atoms with Crippen molar-refractivity contribution in [2.75, 3.05) is 12.8 Å². The molecule has 2 heterocycles. The third-order valence-corrected chi connectivity index (χ3v) is 3.70. The van der Waals surface area contributed by atoms with Crippen LogP contribution in [0, 0.1) is 0 Å². The number of hydrogen-bond donors (Lipinski definition) is 1. The van der Waals surface area contributed by atoms with Crippen molar-refractivity contribution in [2.45, 2.75) is 0 Å². The van der Waals surface area contributed by atoms with Crippen LogP contribution in [-0.4, -0.2) is 23.0 Å². The second-order valence-corrected chi connectivity index (χ2v) is 4.85. The molecular weight excluding hydrogens is 297 g/mol. The van der Waals surface area contributed by atoms with Crippen LogP contribution in [0.3, 0.4) is 0 Å². The predicted octanol–water partition coefficient (Wildman–Crippen LogP) is 2.88. The number of hydrogen-bond acceptors (Lipinski definition) is 6. The Labute approximate surface area is 117 Å². The molecule has 94 valence electrons. The molecule has 0 saturated heterocycles. The summed E-state index contributed by atoms with van der Waals surface area (Å²) in [5, 5.41) is 0.178. The van der Waals surface area contributed by atoms with Crippen LogP contribution in [0.5, 0.6) is 0 Å². The molecule has 5 nitrogen and oxygen atoms in total. The van der Waals surface area contributed by atoms with E-state index in [-0.39, 0.29) is 21.4 Å². The van der Waals surface area contributed by atoms with E-state index in [4.69, 9.17) is 28.9 Å². The van der Waals surface area contributed by atoms with Gasteiger partial charge in [0, 0.05) is 6.20 Å². The van der Waals surface area contributed by atoms with E-state index in [2.05, 4.69) is 14.7 Å². The van der Waals surface area contributed by atoms with Gasteiger partial charge in [0.05, 0.1) is 33.2 Å². The molecule has 0 unspecified atom stereocenters. The van der Waals surface area contributed by atoms with Crippen LogP contribution in [0.25, 0.3) is 10.6 Å². The molecule has 2 rings (SSSR count). The van der Waals surface area contributed by atoms with Crippen molar-refractivity contribution in [3.05, 3.63) is 27.4 Å². The molecule has 0 saturated carbocycles. The maximum atomic E-state index is 11.5. The second kappa shape index (κ2) is 5.09. The lowest BCUT2D eigenvalue weighted by atomic mass is 10.2. The van der Waals surface area contributed by atoms with Gasteiger partial charge in [-0.05, 0) is 0 Å². The number of thiazole rings is 1. The van der Waals surface area contributed by atoms with Gasteiger partial charge in [-0.1, -0.05) is 23.2 Å². The van der Waals surface area contributed by atoms with Crippen LogP contribution < -0.4 is 5.73 Å². The van der Waals surface area contributed by atoms with Gasteiger partial charge >= 0.3 is 5.97 Å². The minimum absolute atomic E-state index is 0.0138. The predicted molar refractivity (Wildman–Crippen MR) is 71.1 cm³/mol. The topological polar surface area (TPSA) is 78.1 Å². The highest BCUT2D eigenvalue weighted by Gasteiger charge is 2.22. The largest absolute Gasteiger partial charge is 0.464 e. The lowest BCUT2D eigenvalue weighted by Crippen LogP contribution is -2.08. The summed E-state index contributed by atoms with van der Waals surface area (Å²) in [6.07, 6.45) is 1.58. The van der Waals surface area contributed by atoms with Gasteiger partial charge in [0.2, 0.25) is 0 Å². The summed E-state index contributed by atoms with van der Waals surface area (Å²) in [5.74, 6) is -0.672. The molecule has 0 fully saturated rings. The molecule has 0 atom stereocenters. The average Bonchev–Trinajstić information content (AvgIpc) is 2.89. The quantitative estimate of drug-likeness (QED) is 0.863. The standard InChI is InChI=1S/C10H7Cl2N3O2S/c1-17-10(16)9-6(12)7(13)5(11)8(15-9)4-2-14-3-18-4/h2-3H,1H3,(H2,13,15). The SMILES string of the molecule is COC(=O)c1nc(-c2cncs2)c(Cl)c(N)c1Cl. The van der Waals surface area contributed by atoms with Crippen molar-refractivity contribution in [1.29, 1.82) is 0 Å². The summed E-state index contributed by atoms with van der Waals surface area (Å²) in [5.41, 5.74) is 7.77. The fraction of sp³-hybridized carbons (Fsp3) is 0.100. The molecule has 0 amide bonds. The zero-order chi connectivity index (χ0) is 13.3. The highest BCUT2D eigenvalue weighted by molar-refractivity contribution is 7.13. The van der Waals surface area contributed by atoms with Gasteiger partial charge in [-0.15, -0.1) is 11.3 Å². The van der Waals surface area contributed by atoms with Gasteiger partial charge < -0.3 is 10.5 Å². The van der Waals surface area contributed by atoms with Crippen LogP contribution in [-0.2, 0) is 4.74 Å². The summed E-state index contributed by atoms with van der Waals surface area (Å²) in [4.78, 5) is 20.2. The first-order chi connectivity index (χ1) is 8.56. The van der Waals surface area contributed by atoms with Gasteiger partial charge in [-0.25, -0.2) is 9.78 Å². The number of nitrogens with two attached hydrogens (primary N) is 1. The minimum Gasteiger partial charge on any atom is -0.464 e. The zero-order valence-corrected chi connectivity index (χ0v) is 11.4. The number of pyridine rings is 1. The fourth-order valence-electron chi connectivity index (χ4n) is 1.29. The Hall–Kier alpha value is -1.37. The highest BCUT2D eigenvalue weighted by atomic mass is 35.5.